The molecule has 1 aromatic heterocycles. The summed E-state index contributed by atoms with van der Waals surface area (Å²) >= 11 is 4.97. The fourth-order valence-corrected chi connectivity index (χ4v) is 2.57. The first kappa shape index (κ1) is 13.2. The minimum Gasteiger partial charge on any atom is -0.388 e. The maximum Gasteiger partial charge on any atom is 0.155 e. The lowest BCUT2D eigenvalue weighted by Crippen LogP contribution is -2.23. The molecule has 5 heteroatoms. The van der Waals surface area contributed by atoms with Gasteiger partial charge in [0.2, 0.25) is 0 Å². The monoisotopic (exact) mass is 264 g/mol. The van der Waals surface area contributed by atoms with Crippen molar-refractivity contribution >= 4 is 23.0 Å². The first-order chi connectivity index (χ1) is 8.66. The maximum absolute atomic E-state index is 5.63. The molecular weight excluding hydrogens is 244 g/mol. The summed E-state index contributed by atoms with van der Waals surface area (Å²) in [5.41, 5.74) is 6.22. The predicted molar refractivity (Wildman–Crippen MR) is 77.5 cm³/mol. The number of anilines is 1. The molecular formula is C13H20N4S. The van der Waals surface area contributed by atoms with Crippen LogP contribution >= 0.6 is 12.2 Å². The second-order valence-corrected chi connectivity index (χ2v) is 5.56. The molecule has 18 heavy (non-hydrogen) atoms. The van der Waals surface area contributed by atoms with Gasteiger partial charge in [0.25, 0.3) is 0 Å². The lowest BCUT2D eigenvalue weighted by molar-refractivity contribution is 0.300. The van der Waals surface area contributed by atoms with Crippen LogP contribution in [0.15, 0.2) is 12.4 Å². The SMILES string of the molecule is CC1CCC(CNc2nccnc2C(N)=S)CC1. The van der Waals surface area contributed by atoms with Crippen LogP contribution in [-0.2, 0) is 0 Å². The summed E-state index contributed by atoms with van der Waals surface area (Å²) in [6, 6.07) is 0. The van der Waals surface area contributed by atoms with Gasteiger partial charge in [0.15, 0.2) is 5.82 Å². The van der Waals surface area contributed by atoms with Crippen LogP contribution in [0.3, 0.4) is 0 Å². The van der Waals surface area contributed by atoms with Gasteiger partial charge in [-0.25, -0.2) is 9.97 Å². The molecule has 1 saturated carbocycles. The maximum atomic E-state index is 5.63. The molecule has 2 rings (SSSR count). The molecule has 1 aliphatic rings. The highest BCUT2D eigenvalue weighted by molar-refractivity contribution is 7.80. The molecule has 0 aromatic carbocycles. The molecule has 0 atom stereocenters. The van der Waals surface area contributed by atoms with E-state index in [9.17, 15) is 0 Å². The lowest BCUT2D eigenvalue weighted by Gasteiger charge is -2.26. The minimum absolute atomic E-state index is 0.294. The Morgan fingerprint density at radius 3 is 2.67 bits per heavy atom. The molecule has 0 aliphatic heterocycles. The number of rotatable bonds is 4. The topological polar surface area (TPSA) is 63.8 Å². The number of aromatic nitrogens is 2. The number of nitrogens with two attached hydrogens (primary N) is 1. The Labute approximate surface area is 113 Å². The van der Waals surface area contributed by atoms with Gasteiger partial charge in [-0.3, -0.25) is 0 Å². The average molecular weight is 264 g/mol. The van der Waals surface area contributed by atoms with Crippen LogP contribution < -0.4 is 11.1 Å². The smallest absolute Gasteiger partial charge is 0.155 e. The summed E-state index contributed by atoms with van der Waals surface area (Å²) in [6.07, 6.45) is 8.51. The Bertz CT molecular complexity index is 413. The van der Waals surface area contributed by atoms with Crippen molar-refractivity contribution in [2.45, 2.75) is 32.6 Å². The summed E-state index contributed by atoms with van der Waals surface area (Å²) in [7, 11) is 0. The summed E-state index contributed by atoms with van der Waals surface area (Å²) in [4.78, 5) is 8.72. The third kappa shape index (κ3) is 3.38. The summed E-state index contributed by atoms with van der Waals surface area (Å²) < 4.78 is 0. The van der Waals surface area contributed by atoms with Crippen molar-refractivity contribution in [3.05, 3.63) is 18.1 Å². The number of hydrogen-bond donors (Lipinski definition) is 2. The van der Waals surface area contributed by atoms with Gasteiger partial charge in [0.1, 0.15) is 10.7 Å². The third-order valence-electron chi connectivity index (χ3n) is 3.63. The van der Waals surface area contributed by atoms with Crippen molar-refractivity contribution < 1.29 is 0 Å². The highest BCUT2D eigenvalue weighted by Gasteiger charge is 2.18. The van der Waals surface area contributed by atoms with Crippen molar-refractivity contribution in [1.29, 1.82) is 0 Å². The first-order valence-electron chi connectivity index (χ1n) is 6.51. The Hall–Kier alpha value is -1.23. The highest BCUT2D eigenvalue weighted by atomic mass is 32.1. The van der Waals surface area contributed by atoms with E-state index >= 15 is 0 Å². The van der Waals surface area contributed by atoms with Crippen LogP contribution in [0.5, 0.6) is 0 Å². The molecule has 1 aliphatic carbocycles. The zero-order chi connectivity index (χ0) is 13.0. The molecule has 3 N–H and O–H groups in total. The number of nitrogens with zero attached hydrogens (tertiary/aromatic N) is 2. The van der Waals surface area contributed by atoms with Gasteiger partial charge in [-0.1, -0.05) is 32.0 Å². The van der Waals surface area contributed by atoms with Crippen LogP contribution in [0.4, 0.5) is 5.82 Å². The molecule has 0 bridgehead atoms. The fourth-order valence-electron chi connectivity index (χ4n) is 2.42. The largest absolute Gasteiger partial charge is 0.388 e. The Balaban J connectivity index is 1.92. The second kappa shape index (κ2) is 6.09. The molecule has 0 unspecified atom stereocenters. The molecule has 1 fully saturated rings. The van der Waals surface area contributed by atoms with E-state index in [0.29, 0.717) is 16.5 Å². The van der Waals surface area contributed by atoms with Crippen LogP contribution in [0, 0.1) is 11.8 Å². The van der Waals surface area contributed by atoms with Crippen LogP contribution in [0.25, 0.3) is 0 Å². The van der Waals surface area contributed by atoms with Crippen molar-refractivity contribution in [3.8, 4) is 0 Å². The molecule has 0 saturated heterocycles. The van der Waals surface area contributed by atoms with E-state index in [2.05, 4.69) is 22.2 Å². The Morgan fingerprint density at radius 2 is 2.00 bits per heavy atom. The molecule has 0 spiro atoms. The van der Waals surface area contributed by atoms with Crippen molar-refractivity contribution in [2.24, 2.45) is 17.6 Å². The minimum atomic E-state index is 0.294. The van der Waals surface area contributed by atoms with Crippen molar-refractivity contribution in [3.63, 3.8) is 0 Å². The third-order valence-corrected chi connectivity index (χ3v) is 3.82. The number of thiocarbonyl (C=S) groups is 1. The molecule has 1 heterocycles. The first-order valence-corrected chi connectivity index (χ1v) is 6.92. The average Bonchev–Trinajstić information content (AvgIpc) is 2.38. The van der Waals surface area contributed by atoms with Crippen LogP contribution in [0.1, 0.15) is 38.3 Å². The zero-order valence-corrected chi connectivity index (χ0v) is 11.5. The Kier molecular flexibility index (Phi) is 4.47. The quantitative estimate of drug-likeness (QED) is 0.817. The predicted octanol–water partition coefficient (Wildman–Crippen LogP) is 2.35. The molecule has 0 radical (unpaired) electrons. The van der Waals surface area contributed by atoms with Gasteiger partial charge in [-0.15, -0.1) is 0 Å². The zero-order valence-electron chi connectivity index (χ0n) is 10.7. The highest BCUT2D eigenvalue weighted by Crippen LogP contribution is 2.28. The van der Waals surface area contributed by atoms with E-state index in [1.807, 2.05) is 0 Å². The van der Waals surface area contributed by atoms with E-state index < -0.39 is 0 Å². The number of nitrogens with one attached hydrogen (secondary N) is 1. The lowest BCUT2D eigenvalue weighted by atomic mass is 9.83. The van der Waals surface area contributed by atoms with E-state index in [1.165, 1.54) is 25.7 Å². The van der Waals surface area contributed by atoms with Gasteiger partial charge >= 0.3 is 0 Å². The van der Waals surface area contributed by atoms with E-state index in [4.69, 9.17) is 18.0 Å². The summed E-state index contributed by atoms with van der Waals surface area (Å²) in [5, 5.41) is 3.34. The van der Waals surface area contributed by atoms with E-state index in [-0.39, 0.29) is 0 Å². The van der Waals surface area contributed by atoms with Crippen molar-refractivity contribution in [2.75, 3.05) is 11.9 Å². The van der Waals surface area contributed by atoms with Crippen LogP contribution in [0.2, 0.25) is 0 Å². The van der Waals surface area contributed by atoms with Gasteiger partial charge in [0, 0.05) is 18.9 Å². The molecule has 4 nitrogen and oxygen atoms in total. The van der Waals surface area contributed by atoms with Gasteiger partial charge in [-0.05, 0) is 24.7 Å². The standard InChI is InChI=1S/C13H20N4S/c1-9-2-4-10(5-3-9)8-17-13-11(12(14)18)15-6-7-16-13/h6-7,9-10H,2-5,8H2,1H3,(H2,14,18)(H,16,17). The molecule has 0 amide bonds. The fraction of sp³-hybridized carbons (Fsp3) is 0.615. The molecule has 1 aromatic rings. The van der Waals surface area contributed by atoms with E-state index in [1.54, 1.807) is 12.4 Å². The Morgan fingerprint density at radius 1 is 1.33 bits per heavy atom. The molecule has 98 valence electrons. The normalized spacial score (nSPS) is 23.6. The van der Waals surface area contributed by atoms with Gasteiger partial charge in [0.05, 0.1) is 0 Å². The summed E-state index contributed by atoms with van der Waals surface area (Å²) in [6.45, 7) is 3.26. The van der Waals surface area contributed by atoms with Gasteiger partial charge < -0.3 is 11.1 Å². The van der Waals surface area contributed by atoms with Crippen molar-refractivity contribution in [1.82, 2.24) is 9.97 Å². The van der Waals surface area contributed by atoms with Gasteiger partial charge in [-0.2, -0.15) is 0 Å². The van der Waals surface area contributed by atoms with E-state index in [0.717, 1.165) is 18.4 Å². The summed E-state index contributed by atoms with van der Waals surface area (Å²) in [5.74, 6) is 2.32. The number of hydrogen-bond acceptors (Lipinski definition) is 4. The van der Waals surface area contributed by atoms with Crippen LogP contribution in [-0.4, -0.2) is 21.5 Å². The second-order valence-electron chi connectivity index (χ2n) is 5.12.